The number of benzene rings is 1. The number of aliphatic hydroxyl groups is 1. The van der Waals surface area contributed by atoms with Crippen LogP contribution in [0.2, 0.25) is 0 Å². The van der Waals surface area contributed by atoms with Crippen LogP contribution in [0.4, 0.5) is 5.69 Å². The Bertz CT molecular complexity index is 601. The maximum atomic E-state index is 12.3. The van der Waals surface area contributed by atoms with Gasteiger partial charge in [0.1, 0.15) is 5.60 Å². The third kappa shape index (κ3) is 2.33. The van der Waals surface area contributed by atoms with Crippen LogP contribution in [0.1, 0.15) is 26.2 Å². The summed E-state index contributed by atoms with van der Waals surface area (Å²) in [5.41, 5.74) is 0.146. The monoisotopic (exact) mass is 295 g/mol. The molecule has 0 aromatic heterocycles. The molecule has 1 aromatic carbocycles. The molecule has 0 amide bonds. The predicted octanol–water partition coefficient (Wildman–Crippen LogP) is 1.83. The Balaban J connectivity index is 1.85. The third-order valence-electron chi connectivity index (χ3n) is 4.28. The highest BCUT2D eigenvalue weighted by molar-refractivity contribution is 7.91. The summed E-state index contributed by atoms with van der Waals surface area (Å²) >= 11 is 0. The lowest BCUT2D eigenvalue weighted by Gasteiger charge is -2.48. The molecule has 1 heterocycles. The van der Waals surface area contributed by atoms with E-state index in [9.17, 15) is 13.5 Å². The van der Waals surface area contributed by atoms with Crippen molar-refractivity contribution in [3.8, 4) is 0 Å². The number of rotatable bonds is 5. The van der Waals surface area contributed by atoms with E-state index in [1.54, 1.807) is 12.1 Å². The molecule has 1 aromatic rings. The number of nitrogens with zero attached hydrogens (tertiary/aromatic N) is 1. The number of β-amino-alcohol motifs (C(OH)–C–C–N with tert-alkyl or cyclic N) is 1. The molecule has 0 radical (unpaired) electrons. The Morgan fingerprint density at radius 2 is 1.95 bits per heavy atom. The van der Waals surface area contributed by atoms with E-state index in [0.717, 1.165) is 18.5 Å². The van der Waals surface area contributed by atoms with Crippen molar-refractivity contribution in [2.45, 2.75) is 36.7 Å². The zero-order valence-electron chi connectivity index (χ0n) is 11.7. The Hall–Kier alpha value is -1.07. The van der Waals surface area contributed by atoms with Crippen LogP contribution in [0.25, 0.3) is 0 Å². The van der Waals surface area contributed by atoms with Crippen molar-refractivity contribution in [3.63, 3.8) is 0 Å². The highest BCUT2D eigenvalue weighted by Crippen LogP contribution is 2.46. The van der Waals surface area contributed by atoms with Gasteiger partial charge in [-0.2, -0.15) is 0 Å². The van der Waals surface area contributed by atoms with Crippen LogP contribution >= 0.6 is 0 Å². The molecule has 1 aliphatic carbocycles. The van der Waals surface area contributed by atoms with Crippen LogP contribution in [0.3, 0.4) is 0 Å². The molecule has 0 bridgehead atoms. The molecule has 3 rings (SSSR count). The molecule has 0 spiro atoms. The van der Waals surface area contributed by atoms with Gasteiger partial charge >= 0.3 is 0 Å². The van der Waals surface area contributed by atoms with Crippen molar-refractivity contribution >= 4 is 15.5 Å². The van der Waals surface area contributed by atoms with Gasteiger partial charge in [0.15, 0.2) is 9.84 Å². The summed E-state index contributed by atoms with van der Waals surface area (Å²) in [5, 5.41) is 10.4. The largest absolute Gasteiger partial charge is 0.386 e. The molecular weight excluding hydrogens is 274 g/mol. The maximum Gasteiger partial charge on any atom is 0.180 e. The Labute approximate surface area is 120 Å². The van der Waals surface area contributed by atoms with Crippen molar-refractivity contribution in [1.82, 2.24) is 0 Å². The second-order valence-corrected chi connectivity index (χ2v) is 8.10. The number of hydrogen-bond donors (Lipinski definition) is 1. The lowest BCUT2D eigenvalue weighted by atomic mass is 9.88. The van der Waals surface area contributed by atoms with E-state index in [1.165, 1.54) is 0 Å². The van der Waals surface area contributed by atoms with E-state index in [2.05, 4.69) is 0 Å². The minimum Gasteiger partial charge on any atom is -0.386 e. The smallest absolute Gasteiger partial charge is 0.180 e. The van der Waals surface area contributed by atoms with Gasteiger partial charge in [0.25, 0.3) is 0 Å². The summed E-state index contributed by atoms with van der Waals surface area (Å²) in [6.07, 6.45) is 2.81. The van der Waals surface area contributed by atoms with Crippen molar-refractivity contribution in [2.24, 2.45) is 5.92 Å². The fourth-order valence-electron chi connectivity index (χ4n) is 3.02. The molecule has 1 aliphatic heterocycles. The molecule has 110 valence electrons. The first-order valence-corrected chi connectivity index (χ1v) is 8.90. The van der Waals surface area contributed by atoms with E-state index in [1.807, 2.05) is 24.0 Å². The second-order valence-electron chi connectivity index (χ2n) is 6.02. The zero-order chi connectivity index (χ0) is 14.4. The molecule has 0 unspecified atom stereocenters. The SMILES string of the molecule is CCCS(=O)(=O)c1ccccc1N1CC(O)(C2CC2)C1. The average molecular weight is 295 g/mol. The molecule has 20 heavy (non-hydrogen) atoms. The van der Waals surface area contributed by atoms with Gasteiger partial charge in [-0.25, -0.2) is 8.42 Å². The van der Waals surface area contributed by atoms with Gasteiger partial charge in [0.2, 0.25) is 0 Å². The number of hydrogen-bond acceptors (Lipinski definition) is 4. The molecule has 0 atom stereocenters. The summed E-state index contributed by atoms with van der Waals surface area (Å²) in [6, 6.07) is 7.14. The minimum atomic E-state index is -3.23. The molecule has 1 saturated carbocycles. The first-order chi connectivity index (χ1) is 9.46. The van der Waals surface area contributed by atoms with Crippen molar-refractivity contribution in [3.05, 3.63) is 24.3 Å². The van der Waals surface area contributed by atoms with E-state index in [-0.39, 0.29) is 5.75 Å². The van der Waals surface area contributed by atoms with Crippen LogP contribution in [0.5, 0.6) is 0 Å². The van der Waals surface area contributed by atoms with Crippen LogP contribution in [0.15, 0.2) is 29.2 Å². The van der Waals surface area contributed by atoms with Crippen molar-refractivity contribution < 1.29 is 13.5 Å². The first kappa shape index (κ1) is 13.9. The van der Waals surface area contributed by atoms with Gasteiger partial charge in [-0.1, -0.05) is 19.1 Å². The molecule has 4 nitrogen and oxygen atoms in total. The summed E-state index contributed by atoms with van der Waals surface area (Å²) in [5.74, 6) is 0.586. The summed E-state index contributed by atoms with van der Waals surface area (Å²) < 4.78 is 24.6. The topological polar surface area (TPSA) is 57.6 Å². The van der Waals surface area contributed by atoms with Crippen molar-refractivity contribution in [2.75, 3.05) is 23.7 Å². The average Bonchev–Trinajstić information content (AvgIpc) is 3.19. The lowest BCUT2D eigenvalue weighted by molar-refractivity contribution is -0.00958. The second kappa shape index (κ2) is 4.74. The van der Waals surface area contributed by atoms with Gasteiger partial charge in [-0.15, -0.1) is 0 Å². The first-order valence-electron chi connectivity index (χ1n) is 7.25. The quantitative estimate of drug-likeness (QED) is 0.900. The standard InChI is InChI=1S/C15H21NO3S/c1-2-9-20(18,19)14-6-4-3-5-13(14)16-10-15(17,11-16)12-7-8-12/h3-6,12,17H,2,7-11H2,1H3. The van der Waals surface area contributed by atoms with Crippen LogP contribution in [0, 0.1) is 5.92 Å². The number of para-hydroxylation sites is 1. The minimum absolute atomic E-state index is 0.171. The fraction of sp³-hybridized carbons (Fsp3) is 0.600. The van der Waals surface area contributed by atoms with Crippen LogP contribution in [-0.2, 0) is 9.84 Å². The molecule has 1 N–H and O–H groups in total. The number of sulfone groups is 1. The number of anilines is 1. The van der Waals surface area contributed by atoms with Gasteiger partial charge in [0.05, 0.1) is 16.3 Å². The van der Waals surface area contributed by atoms with Crippen molar-refractivity contribution in [1.29, 1.82) is 0 Å². The highest BCUT2D eigenvalue weighted by Gasteiger charge is 2.52. The van der Waals surface area contributed by atoms with Gasteiger partial charge in [-0.05, 0) is 37.3 Å². The van der Waals surface area contributed by atoms with Crippen LogP contribution < -0.4 is 4.90 Å². The summed E-state index contributed by atoms with van der Waals surface area (Å²) in [6.45, 7) is 2.97. The predicted molar refractivity (Wildman–Crippen MR) is 78.7 cm³/mol. The van der Waals surface area contributed by atoms with E-state index in [0.29, 0.717) is 30.3 Å². The van der Waals surface area contributed by atoms with Gasteiger partial charge in [0, 0.05) is 13.1 Å². The van der Waals surface area contributed by atoms with Crippen LogP contribution in [-0.4, -0.2) is 38.0 Å². The van der Waals surface area contributed by atoms with E-state index < -0.39 is 15.4 Å². The van der Waals surface area contributed by atoms with Gasteiger partial charge in [-0.3, -0.25) is 0 Å². The molecular formula is C15H21NO3S. The highest BCUT2D eigenvalue weighted by atomic mass is 32.2. The lowest BCUT2D eigenvalue weighted by Crippen LogP contribution is -2.63. The maximum absolute atomic E-state index is 12.3. The molecule has 5 heteroatoms. The molecule has 2 aliphatic rings. The third-order valence-corrected chi connectivity index (χ3v) is 6.24. The Kier molecular flexibility index (Phi) is 3.29. The van der Waals surface area contributed by atoms with E-state index >= 15 is 0 Å². The van der Waals surface area contributed by atoms with Gasteiger partial charge < -0.3 is 10.0 Å². The molecule has 1 saturated heterocycles. The normalized spacial score (nSPS) is 21.6. The Morgan fingerprint density at radius 3 is 2.55 bits per heavy atom. The Morgan fingerprint density at radius 1 is 1.30 bits per heavy atom. The van der Waals surface area contributed by atoms with E-state index in [4.69, 9.17) is 0 Å². The summed E-state index contributed by atoms with van der Waals surface area (Å²) in [4.78, 5) is 2.39. The fourth-order valence-corrected chi connectivity index (χ4v) is 4.58. The molecule has 2 fully saturated rings. The summed E-state index contributed by atoms with van der Waals surface area (Å²) in [7, 11) is -3.23. The zero-order valence-corrected chi connectivity index (χ0v) is 12.6.